The molecule has 3 aromatic rings. The minimum absolute atomic E-state index is 0.0157. The number of carbonyl (C=O) groups is 2. The summed E-state index contributed by atoms with van der Waals surface area (Å²) in [5.41, 5.74) is 2.58. The zero-order valence-corrected chi connectivity index (χ0v) is 18.4. The van der Waals surface area contributed by atoms with Gasteiger partial charge in [-0.05, 0) is 44.0 Å². The highest BCUT2D eigenvalue weighted by Gasteiger charge is 2.34. The largest absolute Gasteiger partial charge is 0.328 e. The first kappa shape index (κ1) is 21.1. The van der Waals surface area contributed by atoms with Crippen LogP contribution in [0.3, 0.4) is 0 Å². The Labute approximate surface area is 185 Å². The summed E-state index contributed by atoms with van der Waals surface area (Å²) in [5, 5.41) is 12.2. The first-order valence-electron chi connectivity index (χ1n) is 10.3. The van der Waals surface area contributed by atoms with Crippen LogP contribution in [0.5, 0.6) is 0 Å². The van der Waals surface area contributed by atoms with E-state index in [2.05, 4.69) is 15.5 Å². The monoisotopic (exact) mass is 435 g/mol. The first-order valence-corrected chi connectivity index (χ1v) is 11.3. The van der Waals surface area contributed by atoms with Crippen molar-refractivity contribution in [3.05, 3.63) is 71.5 Å². The molecule has 2 amide bonds. The van der Waals surface area contributed by atoms with Crippen LogP contribution in [0.15, 0.2) is 59.8 Å². The molecule has 1 atom stereocenters. The van der Waals surface area contributed by atoms with Gasteiger partial charge in [0.25, 0.3) is 5.91 Å². The van der Waals surface area contributed by atoms with Crippen molar-refractivity contribution in [3.63, 3.8) is 0 Å². The molecule has 1 saturated heterocycles. The van der Waals surface area contributed by atoms with Gasteiger partial charge in [-0.15, -0.1) is 10.2 Å². The molecule has 2 heterocycles. The van der Waals surface area contributed by atoms with Crippen LogP contribution in [-0.4, -0.2) is 43.8 Å². The number of para-hydroxylation sites is 1. The van der Waals surface area contributed by atoms with Crippen molar-refractivity contribution in [2.75, 3.05) is 17.6 Å². The number of aromatic nitrogens is 3. The van der Waals surface area contributed by atoms with Crippen LogP contribution in [0.25, 0.3) is 0 Å². The molecule has 1 unspecified atom stereocenters. The van der Waals surface area contributed by atoms with Gasteiger partial charge in [-0.25, -0.2) is 0 Å². The highest BCUT2D eigenvalue weighted by Crippen LogP contribution is 2.33. The van der Waals surface area contributed by atoms with Crippen molar-refractivity contribution in [1.82, 2.24) is 19.7 Å². The van der Waals surface area contributed by atoms with Gasteiger partial charge >= 0.3 is 0 Å². The number of aryl methyl sites for hydroxylation is 1. The zero-order valence-electron chi connectivity index (χ0n) is 17.6. The molecular weight excluding hydrogens is 410 g/mol. The molecule has 1 aliphatic heterocycles. The zero-order chi connectivity index (χ0) is 21.8. The van der Waals surface area contributed by atoms with Crippen LogP contribution in [0.1, 0.15) is 40.6 Å². The number of rotatable bonds is 6. The fourth-order valence-corrected chi connectivity index (χ4v) is 4.45. The summed E-state index contributed by atoms with van der Waals surface area (Å²) >= 11 is 1.34. The van der Waals surface area contributed by atoms with Gasteiger partial charge in [0.05, 0.1) is 11.8 Å². The minimum atomic E-state index is -0.112. The van der Waals surface area contributed by atoms with Crippen molar-refractivity contribution < 1.29 is 9.59 Å². The number of nitrogens with one attached hydrogen (secondary N) is 1. The predicted octanol–water partition coefficient (Wildman–Crippen LogP) is 3.83. The van der Waals surface area contributed by atoms with Gasteiger partial charge < -0.3 is 14.8 Å². The number of hydrogen-bond donors (Lipinski definition) is 1. The number of thioether (sulfide) groups is 1. The van der Waals surface area contributed by atoms with E-state index in [1.807, 2.05) is 78.0 Å². The van der Waals surface area contributed by atoms with Crippen molar-refractivity contribution >= 4 is 29.3 Å². The summed E-state index contributed by atoms with van der Waals surface area (Å²) in [6, 6.07) is 16.9. The molecule has 7 nitrogen and oxygen atoms in total. The summed E-state index contributed by atoms with van der Waals surface area (Å²) in [7, 11) is 1.89. The Morgan fingerprint density at radius 2 is 1.84 bits per heavy atom. The average Bonchev–Trinajstić information content (AvgIpc) is 3.39. The molecule has 160 valence electrons. The summed E-state index contributed by atoms with van der Waals surface area (Å²) in [6.45, 7) is 2.71. The molecule has 0 saturated carbocycles. The van der Waals surface area contributed by atoms with Crippen molar-refractivity contribution in [2.24, 2.45) is 7.05 Å². The molecule has 31 heavy (non-hydrogen) atoms. The quantitative estimate of drug-likeness (QED) is 0.595. The molecule has 0 aliphatic carbocycles. The number of hydrogen-bond acceptors (Lipinski definition) is 5. The molecule has 0 bridgehead atoms. The Balaban J connectivity index is 1.42. The van der Waals surface area contributed by atoms with E-state index in [-0.39, 0.29) is 23.6 Å². The van der Waals surface area contributed by atoms with Crippen molar-refractivity contribution in [1.29, 1.82) is 0 Å². The Bertz CT molecular complexity index is 1070. The number of likely N-dealkylation sites (tertiary alicyclic amines) is 1. The van der Waals surface area contributed by atoms with Gasteiger partial charge in [-0.1, -0.05) is 47.7 Å². The highest BCUT2D eigenvalue weighted by atomic mass is 32.2. The number of anilines is 1. The fraction of sp³-hybridized carbons (Fsp3) is 0.304. The lowest BCUT2D eigenvalue weighted by Gasteiger charge is -2.24. The van der Waals surface area contributed by atoms with Crippen molar-refractivity contribution in [3.8, 4) is 0 Å². The maximum Gasteiger partial charge on any atom is 0.254 e. The molecular formula is C23H25N5O2S. The van der Waals surface area contributed by atoms with E-state index in [1.165, 1.54) is 11.8 Å². The summed E-state index contributed by atoms with van der Waals surface area (Å²) in [6.07, 6.45) is 1.78. The molecule has 4 rings (SSSR count). The van der Waals surface area contributed by atoms with E-state index in [0.717, 1.165) is 29.9 Å². The van der Waals surface area contributed by atoms with Gasteiger partial charge in [-0.2, -0.15) is 0 Å². The summed E-state index contributed by atoms with van der Waals surface area (Å²) < 4.78 is 1.89. The summed E-state index contributed by atoms with van der Waals surface area (Å²) in [4.78, 5) is 27.2. The van der Waals surface area contributed by atoms with Gasteiger partial charge in [0.1, 0.15) is 0 Å². The molecule has 2 aromatic carbocycles. The average molecular weight is 436 g/mol. The van der Waals surface area contributed by atoms with Gasteiger partial charge in [0.2, 0.25) is 5.91 Å². The normalized spacial score (nSPS) is 15.8. The number of amides is 2. The molecule has 1 N–H and O–H groups in total. The third-order valence-electron chi connectivity index (χ3n) is 5.37. The summed E-state index contributed by atoms with van der Waals surface area (Å²) in [5.74, 6) is 0.904. The standard InChI is InChI=1S/C23H25N5O2S/c1-16-10-12-17(13-11-16)22(30)28-14-6-9-19(28)21-25-26-23(27(21)2)31-15-20(29)24-18-7-4-3-5-8-18/h3-5,7-8,10-13,19H,6,9,14-15H2,1-2H3,(H,24,29). The van der Waals surface area contributed by atoms with E-state index in [4.69, 9.17) is 0 Å². The Kier molecular flexibility index (Phi) is 6.36. The Morgan fingerprint density at radius 3 is 2.58 bits per heavy atom. The molecule has 0 radical (unpaired) electrons. The number of benzene rings is 2. The topological polar surface area (TPSA) is 80.1 Å². The lowest BCUT2D eigenvalue weighted by Crippen LogP contribution is -2.31. The van der Waals surface area contributed by atoms with E-state index in [1.54, 1.807) is 0 Å². The van der Waals surface area contributed by atoms with Gasteiger partial charge in [0, 0.05) is 24.8 Å². The molecule has 1 aliphatic rings. The molecule has 8 heteroatoms. The van der Waals surface area contributed by atoms with Crippen LogP contribution in [0.2, 0.25) is 0 Å². The molecule has 1 aromatic heterocycles. The molecule has 0 spiro atoms. The van der Waals surface area contributed by atoms with Gasteiger partial charge in [-0.3, -0.25) is 9.59 Å². The smallest absolute Gasteiger partial charge is 0.254 e. The van der Waals surface area contributed by atoms with Crippen LogP contribution in [0, 0.1) is 6.92 Å². The number of carbonyl (C=O) groups excluding carboxylic acids is 2. The van der Waals surface area contributed by atoms with Crippen LogP contribution in [-0.2, 0) is 11.8 Å². The van der Waals surface area contributed by atoms with Crippen LogP contribution >= 0.6 is 11.8 Å². The van der Waals surface area contributed by atoms with Gasteiger partial charge in [0.15, 0.2) is 11.0 Å². The SMILES string of the molecule is Cc1ccc(C(=O)N2CCCC2c2nnc(SCC(=O)Nc3ccccc3)n2C)cc1. The second-order valence-corrected chi connectivity index (χ2v) is 8.57. The third kappa shape index (κ3) is 4.80. The molecule has 1 fully saturated rings. The van der Waals surface area contributed by atoms with Crippen molar-refractivity contribution in [2.45, 2.75) is 31.0 Å². The van der Waals surface area contributed by atoms with E-state index in [9.17, 15) is 9.59 Å². The highest BCUT2D eigenvalue weighted by molar-refractivity contribution is 7.99. The minimum Gasteiger partial charge on any atom is -0.328 e. The maximum absolute atomic E-state index is 13.1. The lowest BCUT2D eigenvalue weighted by molar-refractivity contribution is -0.113. The van der Waals surface area contributed by atoms with E-state index in [0.29, 0.717) is 17.3 Å². The van der Waals surface area contributed by atoms with Crippen LogP contribution < -0.4 is 5.32 Å². The second kappa shape index (κ2) is 9.34. The Morgan fingerprint density at radius 1 is 1.10 bits per heavy atom. The number of nitrogens with zero attached hydrogens (tertiary/aromatic N) is 4. The van der Waals surface area contributed by atoms with E-state index < -0.39 is 0 Å². The lowest BCUT2D eigenvalue weighted by atomic mass is 10.1. The predicted molar refractivity (Wildman–Crippen MR) is 121 cm³/mol. The Hall–Kier alpha value is -3.13. The third-order valence-corrected chi connectivity index (χ3v) is 6.39. The maximum atomic E-state index is 13.1. The van der Waals surface area contributed by atoms with Crippen LogP contribution in [0.4, 0.5) is 5.69 Å². The van der Waals surface area contributed by atoms with E-state index >= 15 is 0 Å². The fourth-order valence-electron chi connectivity index (χ4n) is 3.73. The first-order chi connectivity index (χ1) is 15.0. The second-order valence-electron chi connectivity index (χ2n) is 7.63.